The van der Waals surface area contributed by atoms with Gasteiger partial charge in [0.2, 0.25) is 0 Å². The van der Waals surface area contributed by atoms with Crippen LogP contribution in [0.3, 0.4) is 0 Å². The smallest absolute Gasteiger partial charge is 0.268 e. The summed E-state index contributed by atoms with van der Waals surface area (Å²) < 4.78 is 54.1. The molecule has 0 fully saturated rings. The second kappa shape index (κ2) is 8.79. The first kappa shape index (κ1) is 23.8. The molecule has 3 aromatic carbocycles. The van der Waals surface area contributed by atoms with E-state index in [9.17, 15) is 42.6 Å². The monoisotopic (exact) mass is 506 g/mol. The van der Waals surface area contributed by atoms with E-state index in [1.807, 2.05) is 0 Å². The van der Waals surface area contributed by atoms with Crippen molar-refractivity contribution in [1.82, 2.24) is 9.55 Å². The molecule has 0 radical (unpaired) electrons. The third-order valence-corrected chi connectivity index (χ3v) is 5.87. The molecular weight excluding hydrogens is 496 g/mol. The molecule has 35 heavy (non-hydrogen) atoms. The highest BCUT2D eigenvalue weighted by molar-refractivity contribution is 7.99. The fraction of sp³-hybridized carbons (Fsp3) is 0.0476. The Bertz CT molecular complexity index is 1520. The molecule has 9 nitrogen and oxygen atoms in total. The van der Waals surface area contributed by atoms with E-state index in [1.54, 1.807) is 12.1 Å². The van der Waals surface area contributed by atoms with Crippen molar-refractivity contribution in [3.63, 3.8) is 0 Å². The Labute approximate surface area is 195 Å². The molecular formula is C21H10F4N4O5S. The average Bonchev–Trinajstić information content (AvgIpc) is 2.79. The van der Waals surface area contributed by atoms with Crippen LogP contribution in [0.4, 0.5) is 28.9 Å². The fourth-order valence-electron chi connectivity index (χ4n) is 3.23. The van der Waals surface area contributed by atoms with Crippen molar-refractivity contribution < 1.29 is 27.4 Å². The molecule has 14 heteroatoms. The molecule has 0 saturated carbocycles. The number of hydrogen-bond acceptors (Lipinski definition) is 7. The molecule has 0 saturated heterocycles. The Balaban J connectivity index is 2.04. The van der Waals surface area contributed by atoms with Gasteiger partial charge in [-0.1, -0.05) is 12.1 Å². The molecule has 4 rings (SSSR count). The number of nitro benzene ring substituents is 2. The summed E-state index contributed by atoms with van der Waals surface area (Å²) in [5.74, 6) is -0.626. The zero-order valence-electron chi connectivity index (χ0n) is 17.0. The molecule has 0 aliphatic rings. The normalized spacial score (nSPS) is 11.5. The Morgan fingerprint density at radius 1 is 0.914 bits per heavy atom. The number of aromatic nitrogens is 2. The van der Waals surface area contributed by atoms with Crippen molar-refractivity contribution in [2.75, 3.05) is 0 Å². The van der Waals surface area contributed by atoms with E-state index in [2.05, 4.69) is 4.98 Å². The highest BCUT2D eigenvalue weighted by atomic mass is 32.2. The van der Waals surface area contributed by atoms with Gasteiger partial charge in [-0.15, -0.1) is 0 Å². The maximum Gasteiger partial charge on any atom is 0.416 e. The van der Waals surface area contributed by atoms with Crippen molar-refractivity contribution in [1.29, 1.82) is 0 Å². The minimum absolute atomic E-state index is 0.0781. The highest BCUT2D eigenvalue weighted by Crippen LogP contribution is 2.45. The molecule has 0 N–H and O–H groups in total. The third kappa shape index (κ3) is 4.55. The molecule has 1 aromatic heterocycles. The quantitative estimate of drug-likeness (QED) is 0.151. The Hall–Kier alpha value is -4.33. The van der Waals surface area contributed by atoms with Gasteiger partial charge >= 0.3 is 6.18 Å². The van der Waals surface area contributed by atoms with Gasteiger partial charge in [0, 0.05) is 12.1 Å². The molecule has 0 spiro atoms. The van der Waals surface area contributed by atoms with Crippen molar-refractivity contribution >= 4 is 34.0 Å². The molecule has 0 bridgehead atoms. The first-order valence-corrected chi connectivity index (χ1v) is 10.3. The van der Waals surface area contributed by atoms with Crippen LogP contribution in [0.5, 0.6) is 0 Å². The van der Waals surface area contributed by atoms with Gasteiger partial charge in [0.1, 0.15) is 5.82 Å². The van der Waals surface area contributed by atoms with Gasteiger partial charge in [-0.05, 0) is 48.2 Å². The minimum Gasteiger partial charge on any atom is -0.268 e. The molecule has 0 unspecified atom stereocenters. The number of nitrogens with zero attached hydrogens (tertiary/aromatic N) is 4. The molecule has 0 amide bonds. The number of hydrogen-bond donors (Lipinski definition) is 0. The lowest BCUT2D eigenvalue weighted by Crippen LogP contribution is -2.21. The number of nitro groups is 2. The van der Waals surface area contributed by atoms with Crippen molar-refractivity contribution in [3.8, 4) is 5.69 Å². The maximum atomic E-state index is 13.5. The molecule has 0 aliphatic carbocycles. The van der Waals surface area contributed by atoms with Gasteiger partial charge < -0.3 is 0 Å². The summed E-state index contributed by atoms with van der Waals surface area (Å²) in [6.07, 6.45) is -5.09. The SMILES string of the molecule is O=c1c2ccccc2nc(Sc2c([N+](=O)[O-])cc(C(F)(F)F)cc2[N+](=O)[O-])n1-c1ccc(F)cc1. The number of alkyl halides is 3. The zero-order valence-corrected chi connectivity index (χ0v) is 17.8. The maximum absolute atomic E-state index is 13.5. The van der Waals surface area contributed by atoms with Crippen LogP contribution in [0.15, 0.2) is 75.5 Å². The number of fused-ring (bicyclic) bond motifs is 1. The van der Waals surface area contributed by atoms with Gasteiger partial charge in [-0.25, -0.2) is 9.37 Å². The van der Waals surface area contributed by atoms with Crippen LogP contribution in [0.2, 0.25) is 0 Å². The van der Waals surface area contributed by atoms with Crippen LogP contribution in [0, 0.1) is 26.0 Å². The average molecular weight is 506 g/mol. The summed E-state index contributed by atoms with van der Waals surface area (Å²) >= 11 is 0.279. The second-order valence-electron chi connectivity index (χ2n) is 6.99. The molecule has 0 aliphatic heterocycles. The van der Waals surface area contributed by atoms with Crippen LogP contribution in [0.25, 0.3) is 16.6 Å². The largest absolute Gasteiger partial charge is 0.416 e. The lowest BCUT2D eigenvalue weighted by atomic mass is 10.1. The van der Waals surface area contributed by atoms with Crippen LogP contribution >= 0.6 is 11.8 Å². The molecule has 178 valence electrons. The van der Waals surface area contributed by atoms with Crippen LogP contribution in [0.1, 0.15) is 5.56 Å². The standard InChI is InChI=1S/C21H10F4N4O5S/c22-12-5-7-13(8-6-12)27-19(30)14-3-1-2-4-15(14)26-20(27)35-18-16(28(31)32)9-11(21(23,24)25)10-17(18)29(33)34/h1-10H. The van der Waals surface area contributed by atoms with E-state index >= 15 is 0 Å². The summed E-state index contributed by atoms with van der Waals surface area (Å²) in [5, 5.41) is 23.0. The van der Waals surface area contributed by atoms with Crippen molar-refractivity contribution in [2.45, 2.75) is 16.2 Å². The van der Waals surface area contributed by atoms with Crippen LogP contribution in [-0.2, 0) is 6.18 Å². The topological polar surface area (TPSA) is 121 Å². The summed E-state index contributed by atoms with van der Waals surface area (Å²) in [6, 6.07) is 10.9. The van der Waals surface area contributed by atoms with Gasteiger partial charge in [0.25, 0.3) is 16.9 Å². The highest BCUT2D eigenvalue weighted by Gasteiger charge is 2.38. The van der Waals surface area contributed by atoms with E-state index < -0.39 is 49.2 Å². The summed E-state index contributed by atoms with van der Waals surface area (Å²) in [4.78, 5) is 37.6. The van der Waals surface area contributed by atoms with Gasteiger partial charge in [0.05, 0.1) is 32.0 Å². The number of para-hydroxylation sites is 1. The number of rotatable bonds is 5. The number of halogens is 4. The van der Waals surface area contributed by atoms with Gasteiger partial charge in [0.15, 0.2) is 10.1 Å². The fourth-order valence-corrected chi connectivity index (χ4v) is 4.31. The van der Waals surface area contributed by atoms with E-state index in [1.165, 1.54) is 24.3 Å². The Morgan fingerprint density at radius 2 is 1.49 bits per heavy atom. The van der Waals surface area contributed by atoms with Crippen LogP contribution in [-0.4, -0.2) is 19.4 Å². The summed E-state index contributed by atoms with van der Waals surface area (Å²) in [6.45, 7) is 0. The Kier molecular flexibility index (Phi) is 5.98. The minimum atomic E-state index is -5.09. The van der Waals surface area contributed by atoms with Crippen LogP contribution < -0.4 is 5.56 Å². The summed E-state index contributed by atoms with van der Waals surface area (Å²) in [7, 11) is 0. The van der Waals surface area contributed by atoms with E-state index in [0.29, 0.717) is 0 Å². The van der Waals surface area contributed by atoms with Gasteiger partial charge in [-0.2, -0.15) is 13.2 Å². The first-order chi connectivity index (χ1) is 16.5. The molecule has 1 heterocycles. The third-order valence-electron chi connectivity index (χ3n) is 4.79. The van der Waals surface area contributed by atoms with Gasteiger partial charge in [-0.3, -0.25) is 29.6 Å². The van der Waals surface area contributed by atoms with Crippen molar-refractivity contribution in [3.05, 3.63) is 103 Å². The number of benzene rings is 3. The lowest BCUT2D eigenvalue weighted by Gasteiger charge is -2.14. The predicted molar refractivity (Wildman–Crippen MR) is 116 cm³/mol. The second-order valence-corrected chi connectivity index (χ2v) is 7.96. The van der Waals surface area contributed by atoms with E-state index in [-0.39, 0.29) is 45.6 Å². The zero-order chi connectivity index (χ0) is 25.5. The summed E-state index contributed by atoms with van der Waals surface area (Å²) in [5.41, 5.74) is -4.43. The van der Waals surface area contributed by atoms with Crippen molar-refractivity contribution in [2.24, 2.45) is 0 Å². The van der Waals surface area contributed by atoms with E-state index in [4.69, 9.17) is 0 Å². The first-order valence-electron chi connectivity index (χ1n) is 9.47. The van der Waals surface area contributed by atoms with E-state index in [0.717, 1.165) is 16.7 Å². The predicted octanol–water partition coefficient (Wildman–Crippen LogP) is 5.51. The Morgan fingerprint density at radius 3 is 2.03 bits per heavy atom. The molecule has 4 aromatic rings. The molecule has 0 atom stereocenters. The lowest BCUT2D eigenvalue weighted by molar-refractivity contribution is -0.400.